The molecule has 1 unspecified atom stereocenters. The highest BCUT2D eigenvalue weighted by Gasteiger charge is 2.04. The molecule has 2 aromatic rings. The molecule has 0 aliphatic rings. The molecule has 0 radical (unpaired) electrons. The predicted octanol–water partition coefficient (Wildman–Crippen LogP) is 3.94. The maximum Gasteiger partial charge on any atom is 0.0290 e. The van der Waals surface area contributed by atoms with E-state index in [2.05, 4.69) is 67.7 Å². The second-order valence-electron chi connectivity index (χ2n) is 5.02. The summed E-state index contributed by atoms with van der Waals surface area (Å²) in [7, 11) is 2.02. The van der Waals surface area contributed by atoms with E-state index in [4.69, 9.17) is 0 Å². The van der Waals surface area contributed by atoms with Crippen LogP contribution in [0.1, 0.15) is 19.4 Å². The third-order valence-electron chi connectivity index (χ3n) is 3.17. The molecule has 1 N–H and O–H groups in total. The number of allylic oxidation sites excluding steroid dienone is 1. The zero-order valence-corrected chi connectivity index (χ0v) is 11.4. The lowest BCUT2D eigenvalue weighted by atomic mass is 10.0. The van der Waals surface area contributed by atoms with E-state index in [9.17, 15) is 0 Å². The van der Waals surface area contributed by atoms with Gasteiger partial charge in [-0.15, -0.1) is 0 Å². The number of nitrogens with one attached hydrogen (secondary N) is 1. The van der Waals surface area contributed by atoms with Crippen LogP contribution in [0.15, 0.2) is 54.1 Å². The molecule has 0 aliphatic carbocycles. The van der Waals surface area contributed by atoms with Crippen LogP contribution in [0.25, 0.3) is 10.8 Å². The van der Waals surface area contributed by atoms with Gasteiger partial charge in [0.15, 0.2) is 0 Å². The Morgan fingerprint density at radius 3 is 2.50 bits per heavy atom. The van der Waals surface area contributed by atoms with Crippen molar-refractivity contribution in [2.45, 2.75) is 26.3 Å². The van der Waals surface area contributed by atoms with Crippen molar-refractivity contribution >= 4 is 10.8 Å². The molecule has 0 spiro atoms. The highest BCUT2D eigenvalue weighted by atomic mass is 14.9. The number of benzene rings is 2. The van der Waals surface area contributed by atoms with E-state index in [0.29, 0.717) is 6.04 Å². The van der Waals surface area contributed by atoms with Gasteiger partial charge in [-0.1, -0.05) is 54.1 Å². The lowest BCUT2D eigenvalue weighted by Crippen LogP contribution is -2.25. The molecule has 0 saturated carbocycles. The number of rotatable bonds is 4. The van der Waals surface area contributed by atoms with Gasteiger partial charge in [0.05, 0.1) is 0 Å². The molecule has 0 aliphatic heterocycles. The van der Waals surface area contributed by atoms with Gasteiger partial charge < -0.3 is 5.32 Å². The molecular formula is C17H21N. The van der Waals surface area contributed by atoms with Crippen LogP contribution >= 0.6 is 0 Å². The van der Waals surface area contributed by atoms with Crippen LogP contribution in [0.4, 0.5) is 0 Å². The maximum atomic E-state index is 3.35. The molecular weight excluding hydrogens is 218 g/mol. The fraction of sp³-hybridized carbons (Fsp3) is 0.294. The Morgan fingerprint density at radius 1 is 1.11 bits per heavy atom. The van der Waals surface area contributed by atoms with Gasteiger partial charge in [0.25, 0.3) is 0 Å². The molecule has 0 amide bonds. The smallest absolute Gasteiger partial charge is 0.0290 e. The quantitative estimate of drug-likeness (QED) is 0.797. The average molecular weight is 239 g/mol. The van der Waals surface area contributed by atoms with E-state index < -0.39 is 0 Å². The van der Waals surface area contributed by atoms with Gasteiger partial charge in [-0.25, -0.2) is 0 Å². The number of fused-ring (bicyclic) bond motifs is 1. The highest BCUT2D eigenvalue weighted by molar-refractivity contribution is 5.83. The summed E-state index contributed by atoms with van der Waals surface area (Å²) in [5.74, 6) is 0. The molecule has 2 aromatic carbocycles. The SMILES string of the molecule is CNC(C=C(C)C)Cc1ccc2ccccc2c1. The molecule has 0 aromatic heterocycles. The van der Waals surface area contributed by atoms with E-state index in [0.717, 1.165) is 6.42 Å². The molecule has 1 heteroatoms. The van der Waals surface area contributed by atoms with Gasteiger partial charge in [0, 0.05) is 6.04 Å². The Labute approximate surface area is 110 Å². The van der Waals surface area contributed by atoms with Gasteiger partial charge in [-0.2, -0.15) is 0 Å². The average Bonchev–Trinajstić information content (AvgIpc) is 2.37. The molecule has 2 rings (SSSR count). The summed E-state index contributed by atoms with van der Waals surface area (Å²) in [5, 5.41) is 5.98. The van der Waals surface area contributed by atoms with Crippen molar-refractivity contribution in [1.82, 2.24) is 5.32 Å². The fourth-order valence-electron chi connectivity index (χ4n) is 2.27. The zero-order chi connectivity index (χ0) is 13.0. The van der Waals surface area contributed by atoms with Gasteiger partial charge in [-0.05, 0) is 43.7 Å². The summed E-state index contributed by atoms with van der Waals surface area (Å²) in [5.41, 5.74) is 2.74. The van der Waals surface area contributed by atoms with Gasteiger partial charge >= 0.3 is 0 Å². The van der Waals surface area contributed by atoms with E-state index in [1.807, 2.05) is 7.05 Å². The standard InChI is InChI=1S/C17H21N/c1-13(2)10-17(18-3)12-14-8-9-15-6-4-5-7-16(15)11-14/h4-11,17-18H,12H2,1-3H3. The Bertz CT molecular complexity index is 550. The Hall–Kier alpha value is -1.60. The third-order valence-corrected chi connectivity index (χ3v) is 3.17. The van der Waals surface area contributed by atoms with Crippen LogP contribution in [0.2, 0.25) is 0 Å². The van der Waals surface area contributed by atoms with Crippen LogP contribution in [-0.4, -0.2) is 13.1 Å². The first-order chi connectivity index (χ1) is 8.69. The van der Waals surface area contributed by atoms with Crippen molar-refractivity contribution in [3.05, 3.63) is 59.7 Å². The molecule has 1 nitrogen and oxygen atoms in total. The zero-order valence-electron chi connectivity index (χ0n) is 11.4. The molecule has 18 heavy (non-hydrogen) atoms. The van der Waals surface area contributed by atoms with Crippen LogP contribution in [0, 0.1) is 0 Å². The number of hydrogen-bond donors (Lipinski definition) is 1. The molecule has 94 valence electrons. The van der Waals surface area contributed by atoms with Crippen molar-refractivity contribution < 1.29 is 0 Å². The number of likely N-dealkylation sites (N-methyl/N-ethyl adjacent to an activating group) is 1. The van der Waals surface area contributed by atoms with E-state index in [1.54, 1.807) is 0 Å². The van der Waals surface area contributed by atoms with Crippen LogP contribution in [-0.2, 0) is 6.42 Å². The minimum Gasteiger partial charge on any atom is -0.313 e. The summed E-state index contributed by atoms with van der Waals surface area (Å²) in [4.78, 5) is 0. The summed E-state index contributed by atoms with van der Waals surface area (Å²) in [6, 6.07) is 15.7. The van der Waals surface area contributed by atoms with Crippen molar-refractivity contribution in [1.29, 1.82) is 0 Å². The second-order valence-corrected chi connectivity index (χ2v) is 5.02. The maximum absolute atomic E-state index is 3.35. The first-order valence-electron chi connectivity index (χ1n) is 6.49. The Kier molecular flexibility index (Phi) is 4.16. The normalized spacial score (nSPS) is 12.4. The Morgan fingerprint density at radius 2 is 1.83 bits per heavy atom. The lowest BCUT2D eigenvalue weighted by Gasteiger charge is -2.13. The first kappa shape index (κ1) is 12.8. The minimum atomic E-state index is 0.413. The van der Waals surface area contributed by atoms with Crippen molar-refractivity contribution in [3.63, 3.8) is 0 Å². The molecule has 0 heterocycles. The van der Waals surface area contributed by atoms with Gasteiger partial charge in [0.2, 0.25) is 0 Å². The van der Waals surface area contributed by atoms with Crippen molar-refractivity contribution in [2.75, 3.05) is 7.05 Å². The summed E-state index contributed by atoms with van der Waals surface area (Å²) in [6.45, 7) is 4.29. The summed E-state index contributed by atoms with van der Waals surface area (Å²) in [6.07, 6.45) is 3.32. The monoisotopic (exact) mass is 239 g/mol. The molecule has 1 atom stereocenters. The third kappa shape index (κ3) is 3.21. The Balaban J connectivity index is 2.23. The topological polar surface area (TPSA) is 12.0 Å². The summed E-state index contributed by atoms with van der Waals surface area (Å²) < 4.78 is 0. The minimum absolute atomic E-state index is 0.413. The largest absolute Gasteiger partial charge is 0.313 e. The van der Waals surface area contributed by atoms with E-state index in [-0.39, 0.29) is 0 Å². The van der Waals surface area contributed by atoms with E-state index in [1.165, 1.54) is 21.9 Å². The van der Waals surface area contributed by atoms with Crippen LogP contribution in [0.3, 0.4) is 0 Å². The summed E-state index contributed by atoms with van der Waals surface area (Å²) >= 11 is 0. The van der Waals surface area contributed by atoms with Crippen molar-refractivity contribution in [2.24, 2.45) is 0 Å². The number of hydrogen-bond acceptors (Lipinski definition) is 1. The highest BCUT2D eigenvalue weighted by Crippen LogP contribution is 2.17. The predicted molar refractivity (Wildman–Crippen MR) is 79.9 cm³/mol. The first-order valence-corrected chi connectivity index (χ1v) is 6.49. The van der Waals surface area contributed by atoms with Crippen molar-refractivity contribution in [3.8, 4) is 0 Å². The molecule has 0 bridgehead atoms. The molecule has 0 saturated heterocycles. The van der Waals surface area contributed by atoms with Gasteiger partial charge in [0.1, 0.15) is 0 Å². The second kappa shape index (κ2) is 5.83. The van der Waals surface area contributed by atoms with Crippen LogP contribution in [0.5, 0.6) is 0 Å². The van der Waals surface area contributed by atoms with Gasteiger partial charge in [-0.3, -0.25) is 0 Å². The fourth-order valence-corrected chi connectivity index (χ4v) is 2.27. The van der Waals surface area contributed by atoms with E-state index >= 15 is 0 Å². The van der Waals surface area contributed by atoms with Crippen LogP contribution < -0.4 is 5.32 Å². The lowest BCUT2D eigenvalue weighted by molar-refractivity contribution is 0.660. The molecule has 0 fully saturated rings.